The van der Waals surface area contributed by atoms with Gasteiger partial charge in [-0.1, -0.05) is 54.6 Å². The lowest BCUT2D eigenvalue weighted by Crippen LogP contribution is -2.38. The molecule has 0 spiro atoms. The van der Waals surface area contributed by atoms with Crippen molar-refractivity contribution in [1.82, 2.24) is 10.2 Å². The molecule has 3 atom stereocenters. The Bertz CT molecular complexity index is 993. The van der Waals surface area contributed by atoms with Crippen molar-refractivity contribution < 1.29 is 19.1 Å². The second-order valence-corrected chi connectivity index (χ2v) is 8.91. The number of ether oxygens (including phenoxy) is 2. The van der Waals surface area contributed by atoms with Gasteiger partial charge in [-0.15, -0.1) is 0 Å². The van der Waals surface area contributed by atoms with Crippen LogP contribution in [-0.2, 0) is 4.74 Å². The molecule has 204 valence electrons. The third kappa shape index (κ3) is 8.88. The summed E-state index contributed by atoms with van der Waals surface area (Å²) in [5.41, 5.74) is 3.44. The van der Waals surface area contributed by atoms with Crippen molar-refractivity contribution in [1.29, 1.82) is 0 Å². The lowest BCUT2D eigenvalue weighted by atomic mass is 10.1. The number of anilines is 1. The van der Waals surface area contributed by atoms with E-state index >= 15 is 0 Å². The Hall–Kier alpha value is -2.33. The number of benzene rings is 2. The normalized spacial score (nSPS) is 19.4. The monoisotopic (exact) mass is 623 g/mol. The highest BCUT2D eigenvalue weighted by Gasteiger charge is 2.40. The number of alkyl halides is 1. The molecular weight excluding hydrogens is 581 g/mol. The Kier molecular flexibility index (Phi) is 13.2. The summed E-state index contributed by atoms with van der Waals surface area (Å²) in [6, 6.07) is 13.5. The molecule has 7 nitrogen and oxygen atoms in total. The molecule has 1 aliphatic heterocycles. The summed E-state index contributed by atoms with van der Waals surface area (Å²) in [7, 11) is 1.67. The van der Waals surface area contributed by atoms with Crippen molar-refractivity contribution in [3.05, 3.63) is 59.2 Å². The summed E-state index contributed by atoms with van der Waals surface area (Å²) < 4.78 is 10.6. The molecule has 37 heavy (non-hydrogen) atoms. The molecule has 1 saturated heterocycles. The fraction of sp³-hybridized carbons (Fsp3) is 0.517. The van der Waals surface area contributed by atoms with Crippen LogP contribution in [-0.4, -0.2) is 61.2 Å². The van der Waals surface area contributed by atoms with E-state index in [4.69, 9.17) is 9.47 Å². The maximum absolute atomic E-state index is 13.3. The lowest BCUT2D eigenvalue weighted by molar-refractivity contribution is 0.0756. The standard InChI is InChI=1S/C26H33N3O4.C2H6.CH3I/c1-4-29(15-20-13-23(20)18-7-9-22(32-3)10-8-18)25(30)19-6-5-17(2)24(14-19)28-26(31)27-21-11-12-33-16-21;2*1-2/h5-10,14,20-21,23H,4,11-13,15-16H2,1-3H3,(H2,27,28,31);1-2H3;1H3/t20-,21?,23-;;/m1../s1. The highest BCUT2D eigenvalue weighted by molar-refractivity contribution is 14.1. The summed E-state index contributed by atoms with van der Waals surface area (Å²) in [5, 5.41) is 5.81. The highest BCUT2D eigenvalue weighted by atomic mass is 127. The van der Waals surface area contributed by atoms with Gasteiger partial charge in [0.2, 0.25) is 0 Å². The predicted molar refractivity (Wildman–Crippen MR) is 159 cm³/mol. The number of rotatable bonds is 8. The van der Waals surface area contributed by atoms with Crippen molar-refractivity contribution in [3.63, 3.8) is 0 Å². The maximum atomic E-state index is 13.3. The molecule has 0 radical (unpaired) electrons. The largest absolute Gasteiger partial charge is 0.497 e. The second-order valence-electron chi connectivity index (χ2n) is 8.91. The van der Waals surface area contributed by atoms with Crippen molar-refractivity contribution in [2.24, 2.45) is 5.92 Å². The number of urea groups is 1. The summed E-state index contributed by atoms with van der Waals surface area (Å²) in [6.07, 6.45) is 1.90. The molecule has 2 aromatic carbocycles. The molecule has 2 aliphatic rings. The first kappa shape index (κ1) is 30.9. The zero-order valence-electron chi connectivity index (χ0n) is 23.0. The number of nitrogens with one attached hydrogen (secondary N) is 2. The van der Waals surface area contributed by atoms with E-state index < -0.39 is 0 Å². The van der Waals surface area contributed by atoms with Crippen LogP contribution in [0.4, 0.5) is 10.5 Å². The van der Waals surface area contributed by atoms with Crippen LogP contribution < -0.4 is 15.4 Å². The van der Waals surface area contributed by atoms with Crippen LogP contribution in [0.5, 0.6) is 5.75 Å². The molecule has 0 bridgehead atoms. The Labute approximate surface area is 235 Å². The van der Waals surface area contributed by atoms with Gasteiger partial charge in [-0.3, -0.25) is 4.79 Å². The van der Waals surface area contributed by atoms with Gasteiger partial charge in [-0.2, -0.15) is 0 Å². The molecule has 1 heterocycles. The number of hydrogen-bond acceptors (Lipinski definition) is 4. The van der Waals surface area contributed by atoms with Gasteiger partial charge in [0.25, 0.3) is 5.91 Å². The van der Waals surface area contributed by atoms with E-state index in [1.807, 2.05) is 61.8 Å². The van der Waals surface area contributed by atoms with Gasteiger partial charge in [0, 0.05) is 30.9 Å². The number of carbonyl (C=O) groups is 2. The minimum Gasteiger partial charge on any atom is -0.497 e. The third-order valence-electron chi connectivity index (χ3n) is 6.59. The van der Waals surface area contributed by atoms with Crippen molar-refractivity contribution >= 4 is 40.2 Å². The molecule has 8 heteroatoms. The minimum absolute atomic E-state index is 0.00877. The van der Waals surface area contributed by atoms with E-state index in [1.54, 1.807) is 13.2 Å². The van der Waals surface area contributed by atoms with E-state index in [9.17, 15) is 9.59 Å². The average Bonchev–Trinajstić information content (AvgIpc) is 3.53. The molecule has 1 aliphatic carbocycles. The van der Waals surface area contributed by atoms with E-state index in [0.29, 0.717) is 42.8 Å². The zero-order chi connectivity index (χ0) is 27.4. The molecule has 1 saturated carbocycles. The number of methoxy groups -OCH3 is 1. The van der Waals surface area contributed by atoms with Crippen LogP contribution in [0.25, 0.3) is 0 Å². The lowest BCUT2D eigenvalue weighted by Gasteiger charge is -2.22. The summed E-state index contributed by atoms with van der Waals surface area (Å²) in [5.74, 6) is 1.79. The molecule has 1 unspecified atom stereocenters. The van der Waals surface area contributed by atoms with Gasteiger partial charge in [0.05, 0.1) is 19.8 Å². The maximum Gasteiger partial charge on any atom is 0.319 e. The van der Waals surface area contributed by atoms with E-state index in [0.717, 1.165) is 30.7 Å². The first-order valence-corrected chi connectivity index (χ1v) is 15.2. The van der Waals surface area contributed by atoms with E-state index in [1.165, 1.54) is 5.56 Å². The third-order valence-corrected chi connectivity index (χ3v) is 6.59. The molecular formula is C29H42IN3O4. The highest BCUT2D eigenvalue weighted by Crippen LogP contribution is 2.48. The average molecular weight is 624 g/mol. The molecule has 2 N–H and O–H groups in total. The second kappa shape index (κ2) is 15.8. The van der Waals surface area contributed by atoms with Crippen LogP contribution in [0.1, 0.15) is 61.0 Å². The Morgan fingerprint density at radius 2 is 1.84 bits per heavy atom. The van der Waals surface area contributed by atoms with Crippen LogP contribution in [0.2, 0.25) is 0 Å². The number of carbonyl (C=O) groups excluding carboxylic acids is 2. The number of hydrogen-bond donors (Lipinski definition) is 2. The smallest absolute Gasteiger partial charge is 0.319 e. The topological polar surface area (TPSA) is 79.9 Å². The van der Waals surface area contributed by atoms with Gasteiger partial charge >= 0.3 is 6.03 Å². The van der Waals surface area contributed by atoms with Gasteiger partial charge in [-0.05, 0) is 78.8 Å². The fourth-order valence-electron chi connectivity index (χ4n) is 4.41. The number of halogens is 1. The number of nitrogens with zero attached hydrogens (tertiary/aromatic N) is 1. The van der Waals surface area contributed by atoms with Crippen LogP contribution in [0.3, 0.4) is 0 Å². The van der Waals surface area contributed by atoms with Crippen LogP contribution in [0.15, 0.2) is 42.5 Å². The van der Waals surface area contributed by atoms with Crippen molar-refractivity contribution in [2.75, 3.05) is 43.7 Å². The first-order valence-electron chi connectivity index (χ1n) is 13.1. The molecule has 3 amide bonds. The number of amides is 3. The molecule has 2 fully saturated rings. The van der Waals surface area contributed by atoms with Crippen LogP contribution in [0, 0.1) is 12.8 Å². The van der Waals surface area contributed by atoms with Gasteiger partial charge in [0.15, 0.2) is 0 Å². The quantitative estimate of drug-likeness (QED) is 0.269. The Balaban J connectivity index is 0.00000115. The Morgan fingerprint density at radius 1 is 1.14 bits per heavy atom. The first-order chi connectivity index (χ1) is 18.0. The predicted octanol–water partition coefficient (Wildman–Crippen LogP) is 6.26. The van der Waals surface area contributed by atoms with E-state index in [-0.39, 0.29) is 18.0 Å². The SMILES string of the molecule is CC.CCN(C[C@H]1C[C@@H]1c1ccc(OC)cc1)C(=O)c1ccc(C)c(NC(=O)NC2CCOC2)c1.CI. The Morgan fingerprint density at radius 3 is 2.43 bits per heavy atom. The van der Waals surface area contributed by atoms with Crippen LogP contribution >= 0.6 is 22.6 Å². The summed E-state index contributed by atoms with van der Waals surface area (Å²) in [4.78, 5) is 29.5. The van der Waals surface area contributed by atoms with Gasteiger partial charge < -0.3 is 25.0 Å². The minimum atomic E-state index is -0.272. The van der Waals surface area contributed by atoms with Crippen molar-refractivity contribution in [3.8, 4) is 5.75 Å². The zero-order valence-corrected chi connectivity index (χ0v) is 25.1. The van der Waals surface area contributed by atoms with E-state index in [2.05, 4.69) is 45.4 Å². The van der Waals surface area contributed by atoms with Crippen molar-refractivity contribution in [2.45, 2.75) is 52.5 Å². The van der Waals surface area contributed by atoms with Gasteiger partial charge in [-0.25, -0.2) is 4.79 Å². The summed E-state index contributed by atoms with van der Waals surface area (Å²) in [6.45, 7) is 10.5. The molecule has 2 aromatic rings. The van der Waals surface area contributed by atoms with Gasteiger partial charge in [0.1, 0.15) is 5.75 Å². The molecule has 0 aromatic heterocycles. The number of aryl methyl sites for hydroxylation is 1. The fourth-order valence-corrected chi connectivity index (χ4v) is 4.41. The summed E-state index contributed by atoms with van der Waals surface area (Å²) >= 11 is 2.15. The molecule has 4 rings (SSSR count).